The molecule has 0 saturated heterocycles. The average molecular weight is 270 g/mol. The Kier molecular flexibility index (Phi) is 4.45. The molecule has 0 aliphatic heterocycles. The molecule has 0 aliphatic carbocycles. The molecule has 1 rings (SSSR count). The molecule has 1 aromatic heterocycles. The van der Waals surface area contributed by atoms with Gasteiger partial charge < -0.3 is 9.64 Å². The highest BCUT2D eigenvalue weighted by Gasteiger charge is 2.22. The van der Waals surface area contributed by atoms with Crippen LogP contribution in [0.25, 0.3) is 0 Å². The summed E-state index contributed by atoms with van der Waals surface area (Å²) in [5.41, 5.74) is -0.560. The van der Waals surface area contributed by atoms with Crippen LogP contribution < -0.4 is 0 Å². The molecule has 1 heterocycles. The molecule has 100 valence electrons. The lowest BCUT2D eigenvalue weighted by Crippen LogP contribution is -2.37. The molecular formula is C12H18N2O3S. The molecule has 0 unspecified atom stereocenters. The molecular weight excluding hydrogens is 252 g/mol. The molecule has 1 aromatic rings. The number of thiazole rings is 1. The number of likely N-dealkylation sites (N-methyl/N-ethyl adjacent to an activating group) is 1. The Balaban J connectivity index is 2.57. The number of ketones is 1. The van der Waals surface area contributed by atoms with Crippen molar-refractivity contribution in [1.29, 1.82) is 0 Å². The quantitative estimate of drug-likeness (QED) is 0.792. The zero-order chi connectivity index (χ0) is 13.9. The van der Waals surface area contributed by atoms with E-state index in [1.54, 1.807) is 27.8 Å². The highest BCUT2D eigenvalue weighted by Crippen LogP contribution is 2.13. The maximum absolute atomic E-state index is 11.9. The van der Waals surface area contributed by atoms with Gasteiger partial charge in [-0.2, -0.15) is 0 Å². The molecule has 0 spiro atoms. The standard InChI is InChI=1S/C12H18N2O3S/c1-8-13-6-10(18-8)9(15)7-14(5)11(16)17-12(2,3)4/h6H,7H2,1-5H3. The van der Waals surface area contributed by atoms with Gasteiger partial charge in [-0.1, -0.05) is 0 Å². The fourth-order valence-corrected chi connectivity index (χ4v) is 1.90. The molecule has 0 N–H and O–H groups in total. The van der Waals surface area contributed by atoms with Crippen LogP contribution in [0.5, 0.6) is 0 Å². The summed E-state index contributed by atoms with van der Waals surface area (Å²) in [6, 6.07) is 0. The first kappa shape index (κ1) is 14.6. The number of nitrogens with zero attached hydrogens (tertiary/aromatic N) is 2. The molecule has 0 aromatic carbocycles. The first-order valence-electron chi connectivity index (χ1n) is 5.59. The van der Waals surface area contributed by atoms with Crippen LogP contribution in [0.1, 0.15) is 35.5 Å². The molecule has 0 fully saturated rings. The molecule has 0 saturated carbocycles. The summed E-state index contributed by atoms with van der Waals surface area (Å²) in [4.78, 5) is 29.4. The van der Waals surface area contributed by atoms with E-state index in [2.05, 4.69) is 4.98 Å². The van der Waals surface area contributed by atoms with Gasteiger partial charge in [-0.3, -0.25) is 4.79 Å². The fourth-order valence-electron chi connectivity index (χ4n) is 1.19. The predicted molar refractivity (Wildman–Crippen MR) is 70.0 cm³/mol. The van der Waals surface area contributed by atoms with Crippen LogP contribution in [0.4, 0.5) is 4.79 Å². The van der Waals surface area contributed by atoms with Crippen molar-refractivity contribution >= 4 is 23.2 Å². The van der Waals surface area contributed by atoms with Gasteiger partial charge in [0.1, 0.15) is 5.60 Å². The van der Waals surface area contributed by atoms with Gasteiger partial charge in [0.2, 0.25) is 0 Å². The molecule has 6 heteroatoms. The molecule has 0 radical (unpaired) electrons. The lowest BCUT2D eigenvalue weighted by molar-refractivity contribution is 0.0295. The maximum Gasteiger partial charge on any atom is 0.410 e. The number of Topliss-reactive ketones (excluding diaryl/α,β-unsaturated/α-hetero) is 1. The second-order valence-electron chi connectivity index (χ2n) is 5.00. The van der Waals surface area contributed by atoms with Crippen LogP contribution in [0, 0.1) is 6.92 Å². The number of carbonyl (C=O) groups is 2. The number of aryl methyl sites for hydroxylation is 1. The lowest BCUT2D eigenvalue weighted by Gasteiger charge is -2.24. The van der Waals surface area contributed by atoms with Gasteiger partial charge in [0.05, 0.1) is 16.4 Å². The van der Waals surface area contributed by atoms with Crippen LogP contribution in [0.2, 0.25) is 0 Å². The molecule has 0 aliphatic rings. The van der Waals surface area contributed by atoms with Crippen molar-refractivity contribution in [2.45, 2.75) is 33.3 Å². The Morgan fingerprint density at radius 3 is 2.50 bits per heavy atom. The summed E-state index contributed by atoms with van der Waals surface area (Å²) in [5.74, 6) is -0.131. The van der Waals surface area contributed by atoms with E-state index in [9.17, 15) is 9.59 Å². The third-order valence-electron chi connectivity index (χ3n) is 1.98. The Morgan fingerprint density at radius 2 is 2.06 bits per heavy atom. The monoisotopic (exact) mass is 270 g/mol. The SMILES string of the molecule is Cc1ncc(C(=O)CN(C)C(=O)OC(C)(C)C)s1. The van der Waals surface area contributed by atoms with Gasteiger partial charge >= 0.3 is 6.09 Å². The zero-order valence-electron chi connectivity index (χ0n) is 11.3. The Bertz CT molecular complexity index is 448. The third-order valence-corrected chi connectivity index (χ3v) is 2.94. The molecule has 0 bridgehead atoms. The van der Waals surface area contributed by atoms with Crippen molar-refractivity contribution in [1.82, 2.24) is 9.88 Å². The van der Waals surface area contributed by atoms with Crippen molar-refractivity contribution in [2.24, 2.45) is 0 Å². The molecule has 5 nitrogen and oxygen atoms in total. The Morgan fingerprint density at radius 1 is 1.44 bits per heavy atom. The summed E-state index contributed by atoms with van der Waals surface area (Å²) >= 11 is 1.32. The van der Waals surface area contributed by atoms with Gasteiger partial charge in [0.25, 0.3) is 0 Å². The van der Waals surface area contributed by atoms with Crippen molar-refractivity contribution in [2.75, 3.05) is 13.6 Å². The summed E-state index contributed by atoms with van der Waals surface area (Å²) in [5, 5.41) is 0.832. The average Bonchev–Trinajstić information content (AvgIpc) is 2.62. The second-order valence-corrected chi connectivity index (χ2v) is 6.24. The first-order valence-corrected chi connectivity index (χ1v) is 6.40. The fraction of sp³-hybridized carbons (Fsp3) is 0.583. The summed E-state index contributed by atoms with van der Waals surface area (Å²) in [6.45, 7) is 7.18. The van der Waals surface area contributed by atoms with Gasteiger partial charge in [-0.25, -0.2) is 9.78 Å². The van der Waals surface area contributed by atoms with E-state index in [1.807, 2.05) is 6.92 Å². The van der Waals surface area contributed by atoms with E-state index in [-0.39, 0.29) is 12.3 Å². The van der Waals surface area contributed by atoms with Crippen LogP contribution in [-0.2, 0) is 4.74 Å². The van der Waals surface area contributed by atoms with E-state index < -0.39 is 11.7 Å². The van der Waals surface area contributed by atoms with Crippen LogP contribution in [-0.4, -0.2) is 41.0 Å². The summed E-state index contributed by atoms with van der Waals surface area (Å²) in [6.07, 6.45) is 1.03. The molecule has 1 amide bonds. The highest BCUT2D eigenvalue weighted by atomic mass is 32.1. The topological polar surface area (TPSA) is 59.5 Å². The van der Waals surface area contributed by atoms with E-state index in [4.69, 9.17) is 4.74 Å². The lowest BCUT2D eigenvalue weighted by atomic mass is 10.2. The largest absolute Gasteiger partial charge is 0.444 e. The van der Waals surface area contributed by atoms with E-state index >= 15 is 0 Å². The number of hydrogen-bond acceptors (Lipinski definition) is 5. The number of aromatic nitrogens is 1. The van der Waals surface area contributed by atoms with Crippen molar-refractivity contribution < 1.29 is 14.3 Å². The van der Waals surface area contributed by atoms with Gasteiger partial charge in [0.15, 0.2) is 5.78 Å². The van der Waals surface area contributed by atoms with Crippen molar-refractivity contribution in [3.05, 3.63) is 16.1 Å². The number of rotatable bonds is 3. The smallest absolute Gasteiger partial charge is 0.410 e. The Labute approximate surface area is 111 Å². The van der Waals surface area contributed by atoms with Gasteiger partial charge in [-0.05, 0) is 27.7 Å². The van der Waals surface area contributed by atoms with Crippen LogP contribution in [0.3, 0.4) is 0 Å². The number of hydrogen-bond donors (Lipinski definition) is 0. The first-order chi connectivity index (χ1) is 8.19. The Hall–Kier alpha value is -1.43. The maximum atomic E-state index is 11.9. The van der Waals surface area contributed by atoms with E-state index in [0.29, 0.717) is 4.88 Å². The number of carbonyl (C=O) groups excluding carboxylic acids is 2. The predicted octanol–water partition coefficient (Wildman–Crippen LogP) is 2.50. The summed E-state index contributed by atoms with van der Waals surface area (Å²) in [7, 11) is 1.54. The van der Waals surface area contributed by atoms with Crippen molar-refractivity contribution in [3.63, 3.8) is 0 Å². The van der Waals surface area contributed by atoms with Crippen LogP contribution in [0.15, 0.2) is 6.20 Å². The molecule has 0 atom stereocenters. The number of amides is 1. The van der Waals surface area contributed by atoms with Gasteiger partial charge in [0, 0.05) is 13.2 Å². The number of ether oxygens (including phenoxy) is 1. The second kappa shape index (κ2) is 5.48. The minimum Gasteiger partial charge on any atom is -0.444 e. The minimum atomic E-state index is -0.560. The third kappa shape index (κ3) is 4.44. The normalized spacial score (nSPS) is 11.2. The minimum absolute atomic E-state index is 0.00343. The van der Waals surface area contributed by atoms with E-state index in [1.165, 1.54) is 22.4 Å². The molecule has 18 heavy (non-hydrogen) atoms. The van der Waals surface area contributed by atoms with Gasteiger partial charge in [-0.15, -0.1) is 11.3 Å². The zero-order valence-corrected chi connectivity index (χ0v) is 12.1. The highest BCUT2D eigenvalue weighted by molar-refractivity contribution is 7.13. The van der Waals surface area contributed by atoms with Crippen LogP contribution >= 0.6 is 11.3 Å². The van der Waals surface area contributed by atoms with Crippen molar-refractivity contribution in [3.8, 4) is 0 Å². The summed E-state index contributed by atoms with van der Waals surface area (Å²) < 4.78 is 5.16. The van der Waals surface area contributed by atoms with E-state index in [0.717, 1.165) is 5.01 Å².